The number of benzene rings is 3. The molecule has 0 aromatic heterocycles. The Labute approximate surface area is 201 Å². The van der Waals surface area contributed by atoms with E-state index in [0.29, 0.717) is 16.3 Å². The van der Waals surface area contributed by atoms with Gasteiger partial charge in [0, 0.05) is 5.02 Å². The number of carbonyl (C=O) groups excluding carboxylic acids is 1. The molecule has 0 bridgehead atoms. The lowest BCUT2D eigenvalue weighted by Crippen LogP contribution is -2.42. The minimum absolute atomic E-state index is 0.114. The minimum atomic E-state index is -4.00. The standard InChI is InChI=1S/C26H29ClN2O3S/c1-5-21-11-13-22(14-12-21)20(4)28-26(30)17-29(25-8-6-7-24(27)19(25)3)33(31,32)23-15-9-18(2)10-16-23/h6-16,20H,5,17H2,1-4H3,(H,28,30). The van der Waals surface area contributed by atoms with Gasteiger partial charge in [-0.2, -0.15) is 0 Å². The van der Waals surface area contributed by atoms with Gasteiger partial charge in [0.1, 0.15) is 6.54 Å². The van der Waals surface area contributed by atoms with E-state index in [1.165, 1.54) is 5.56 Å². The first-order valence-electron chi connectivity index (χ1n) is 10.9. The highest BCUT2D eigenvalue weighted by molar-refractivity contribution is 7.92. The third-order valence-electron chi connectivity index (χ3n) is 5.67. The van der Waals surface area contributed by atoms with E-state index in [2.05, 4.69) is 12.2 Å². The Bertz CT molecular complexity index is 1220. The second-order valence-electron chi connectivity index (χ2n) is 8.09. The normalized spacial score (nSPS) is 12.3. The van der Waals surface area contributed by atoms with Crippen molar-refractivity contribution in [3.8, 4) is 0 Å². The van der Waals surface area contributed by atoms with Crippen LogP contribution in [-0.2, 0) is 21.2 Å². The van der Waals surface area contributed by atoms with Crippen LogP contribution in [0.25, 0.3) is 0 Å². The molecule has 3 rings (SSSR count). The average Bonchev–Trinajstić information content (AvgIpc) is 2.79. The molecule has 0 radical (unpaired) electrons. The molecule has 1 N–H and O–H groups in total. The summed E-state index contributed by atoms with van der Waals surface area (Å²) in [5, 5.41) is 3.35. The number of aryl methyl sites for hydroxylation is 2. The van der Waals surface area contributed by atoms with E-state index in [4.69, 9.17) is 11.6 Å². The molecule has 0 heterocycles. The molecule has 3 aromatic rings. The molecule has 0 aliphatic carbocycles. The average molecular weight is 485 g/mol. The van der Waals surface area contributed by atoms with Crippen LogP contribution >= 0.6 is 11.6 Å². The highest BCUT2D eigenvalue weighted by Crippen LogP contribution is 2.31. The van der Waals surface area contributed by atoms with Crippen molar-refractivity contribution < 1.29 is 13.2 Å². The predicted octanol–water partition coefficient (Wildman–Crippen LogP) is 5.59. The quantitative estimate of drug-likeness (QED) is 0.453. The summed E-state index contributed by atoms with van der Waals surface area (Å²) in [4.78, 5) is 13.1. The molecule has 0 spiro atoms. The first-order chi connectivity index (χ1) is 15.6. The zero-order valence-electron chi connectivity index (χ0n) is 19.3. The van der Waals surface area contributed by atoms with Gasteiger partial charge in [0.25, 0.3) is 10.0 Å². The van der Waals surface area contributed by atoms with Gasteiger partial charge in [-0.15, -0.1) is 0 Å². The smallest absolute Gasteiger partial charge is 0.264 e. The van der Waals surface area contributed by atoms with Gasteiger partial charge in [-0.05, 0) is 68.1 Å². The molecule has 0 aliphatic heterocycles. The van der Waals surface area contributed by atoms with E-state index in [1.807, 2.05) is 38.1 Å². The van der Waals surface area contributed by atoms with Gasteiger partial charge >= 0.3 is 0 Å². The number of sulfonamides is 1. The van der Waals surface area contributed by atoms with Crippen LogP contribution in [0.15, 0.2) is 71.6 Å². The summed E-state index contributed by atoms with van der Waals surface area (Å²) >= 11 is 6.28. The molecule has 3 aromatic carbocycles. The summed E-state index contributed by atoms with van der Waals surface area (Å²) in [6.07, 6.45) is 0.936. The molecular weight excluding hydrogens is 456 g/mol. The van der Waals surface area contributed by atoms with Crippen LogP contribution in [0.5, 0.6) is 0 Å². The second-order valence-corrected chi connectivity index (χ2v) is 10.4. The van der Waals surface area contributed by atoms with E-state index < -0.39 is 15.9 Å². The van der Waals surface area contributed by atoms with Gasteiger partial charge in [-0.3, -0.25) is 9.10 Å². The predicted molar refractivity (Wildman–Crippen MR) is 134 cm³/mol. The van der Waals surface area contributed by atoms with Crippen LogP contribution < -0.4 is 9.62 Å². The maximum absolute atomic E-state index is 13.6. The molecular formula is C26H29ClN2O3S. The van der Waals surface area contributed by atoms with E-state index in [9.17, 15) is 13.2 Å². The van der Waals surface area contributed by atoms with E-state index >= 15 is 0 Å². The number of hydrogen-bond donors (Lipinski definition) is 1. The number of amides is 1. The number of anilines is 1. The van der Waals surface area contributed by atoms with Crippen molar-refractivity contribution in [2.24, 2.45) is 0 Å². The Morgan fingerprint density at radius 2 is 1.64 bits per heavy atom. The van der Waals surface area contributed by atoms with Crippen molar-refractivity contribution in [1.82, 2.24) is 5.32 Å². The largest absolute Gasteiger partial charge is 0.348 e. The molecule has 1 amide bonds. The maximum atomic E-state index is 13.6. The van der Waals surface area contributed by atoms with Crippen molar-refractivity contribution >= 4 is 33.2 Å². The number of halogens is 1. The van der Waals surface area contributed by atoms with Gasteiger partial charge in [0.2, 0.25) is 5.91 Å². The molecule has 5 nitrogen and oxygen atoms in total. The fraction of sp³-hybridized carbons (Fsp3) is 0.269. The van der Waals surface area contributed by atoms with Gasteiger partial charge in [-0.25, -0.2) is 8.42 Å². The second kappa shape index (κ2) is 10.4. The van der Waals surface area contributed by atoms with Gasteiger partial charge in [0.15, 0.2) is 0 Å². The van der Waals surface area contributed by atoms with E-state index in [1.54, 1.807) is 49.4 Å². The number of hydrogen-bond acceptors (Lipinski definition) is 3. The summed E-state index contributed by atoms with van der Waals surface area (Å²) in [6.45, 7) is 7.22. The van der Waals surface area contributed by atoms with Crippen LogP contribution in [0.3, 0.4) is 0 Å². The number of nitrogens with zero attached hydrogens (tertiary/aromatic N) is 1. The Hall–Kier alpha value is -2.83. The minimum Gasteiger partial charge on any atom is -0.348 e. The maximum Gasteiger partial charge on any atom is 0.264 e. The van der Waals surface area contributed by atoms with Crippen LogP contribution in [0, 0.1) is 13.8 Å². The highest BCUT2D eigenvalue weighted by Gasteiger charge is 2.29. The number of nitrogens with one attached hydrogen (secondary N) is 1. The topological polar surface area (TPSA) is 66.5 Å². The van der Waals surface area contributed by atoms with E-state index in [0.717, 1.165) is 21.9 Å². The van der Waals surface area contributed by atoms with Crippen molar-refractivity contribution in [3.63, 3.8) is 0 Å². The van der Waals surface area contributed by atoms with Crippen molar-refractivity contribution in [3.05, 3.63) is 94.0 Å². The SMILES string of the molecule is CCc1ccc(C(C)NC(=O)CN(c2cccc(Cl)c2C)S(=O)(=O)c2ccc(C)cc2)cc1. The summed E-state index contributed by atoms with van der Waals surface area (Å²) < 4.78 is 28.3. The van der Waals surface area contributed by atoms with Crippen molar-refractivity contribution in [2.45, 2.75) is 45.1 Å². The van der Waals surface area contributed by atoms with Crippen LogP contribution in [-0.4, -0.2) is 20.9 Å². The molecule has 33 heavy (non-hydrogen) atoms. The van der Waals surface area contributed by atoms with Gasteiger partial charge in [-0.1, -0.05) is 66.6 Å². The van der Waals surface area contributed by atoms with Crippen LogP contribution in [0.4, 0.5) is 5.69 Å². The zero-order valence-corrected chi connectivity index (χ0v) is 20.9. The Balaban J connectivity index is 1.91. The summed E-state index contributed by atoms with van der Waals surface area (Å²) in [6, 6.07) is 19.3. The number of carbonyl (C=O) groups is 1. The monoisotopic (exact) mass is 484 g/mol. The summed E-state index contributed by atoms with van der Waals surface area (Å²) in [7, 11) is -4.00. The molecule has 0 fully saturated rings. The molecule has 0 saturated carbocycles. The number of rotatable bonds is 8. The van der Waals surface area contributed by atoms with Crippen molar-refractivity contribution in [2.75, 3.05) is 10.8 Å². The molecule has 0 aliphatic rings. The van der Waals surface area contributed by atoms with E-state index in [-0.39, 0.29) is 17.5 Å². The zero-order chi connectivity index (χ0) is 24.2. The van der Waals surface area contributed by atoms with Gasteiger partial charge < -0.3 is 5.32 Å². The fourth-order valence-electron chi connectivity index (χ4n) is 3.55. The highest BCUT2D eigenvalue weighted by atomic mass is 35.5. The summed E-state index contributed by atoms with van der Waals surface area (Å²) in [5.74, 6) is -0.405. The third kappa shape index (κ3) is 5.75. The molecule has 174 valence electrons. The Morgan fingerprint density at radius 1 is 1.00 bits per heavy atom. The lowest BCUT2D eigenvalue weighted by Gasteiger charge is -2.27. The molecule has 7 heteroatoms. The Kier molecular flexibility index (Phi) is 7.82. The third-order valence-corrected chi connectivity index (χ3v) is 7.85. The Morgan fingerprint density at radius 3 is 2.24 bits per heavy atom. The summed E-state index contributed by atoms with van der Waals surface area (Å²) in [5.41, 5.74) is 4.07. The first kappa shape index (κ1) is 24.8. The fourth-order valence-corrected chi connectivity index (χ4v) is 5.19. The van der Waals surface area contributed by atoms with Crippen molar-refractivity contribution in [1.29, 1.82) is 0 Å². The van der Waals surface area contributed by atoms with Crippen LogP contribution in [0.1, 0.15) is 42.1 Å². The first-order valence-corrected chi connectivity index (χ1v) is 12.7. The molecule has 1 unspecified atom stereocenters. The molecule has 0 saturated heterocycles. The molecule has 1 atom stereocenters. The van der Waals surface area contributed by atoms with Gasteiger partial charge in [0.05, 0.1) is 16.6 Å². The van der Waals surface area contributed by atoms with Crippen LogP contribution in [0.2, 0.25) is 5.02 Å². The lowest BCUT2D eigenvalue weighted by atomic mass is 10.1. The lowest BCUT2D eigenvalue weighted by molar-refractivity contribution is -0.120.